The van der Waals surface area contributed by atoms with Crippen molar-refractivity contribution in [3.05, 3.63) is 11.4 Å². The van der Waals surface area contributed by atoms with E-state index in [1.165, 1.54) is 24.3 Å². The van der Waals surface area contributed by atoms with Crippen LogP contribution in [0.4, 0.5) is 11.8 Å². The highest BCUT2D eigenvalue weighted by Gasteiger charge is 2.15. The van der Waals surface area contributed by atoms with Gasteiger partial charge in [-0.15, -0.1) is 11.3 Å². The van der Waals surface area contributed by atoms with Crippen molar-refractivity contribution in [2.75, 3.05) is 35.7 Å². The highest BCUT2D eigenvalue weighted by Crippen LogP contribution is 2.28. The summed E-state index contributed by atoms with van der Waals surface area (Å²) in [4.78, 5) is 10.0. The minimum atomic E-state index is 0.691. The van der Waals surface area contributed by atoms with E-state index in [9.17, 15) is 0 Å². The summed E-state index contributed by atoms with van der Waals surface area (Å²) in [5.41, 5.74) is 0. The van der Waals surface area contributed by atoms with Crippen LogP contribution in [0.25, 0.3) is 10.2 Å². The van der Waals surface area contributed by atoms with Crippen LogP contribution < -0.4 is 10.6 Å². The Hall–Kier alpha value is -1.01. The summed E-state index contributed by atoms with van der Waals surface area (Å²) < 4.78 is 0. The molecule has 0 unspecified atom stereocenters. The van der Waals surface area contributed by atoms with E-state index in [1.807, 2.05) is 7.05 Å². The molecule has 6 heteroatoms. The molecule has 0 aromatic carbocycles. The highest BCUT2D eigenvalue weighted by molar-refractivity contribution is 7.99. The van der Waals surface area contributed by atoms with Crippen LogP contribution >= 0.6 is 23.1 Å². The zero-order valence-electron chi connectivity index (χ0n) is 11.0. The summed E-state index contributed by atoms with van der Waals surface area (Å²) in [5, 5.41) is 9.76. The lowest BCUT2D eigenvalue weighted by atomic mass is 10.0. The van der Waals surface area contributed by atoms with Crippen LogP contribution in [0.5, 0.6) is 0 Å². The van der Waals surface area contributed by atoms with Crippen molar-refractivity contribution in [3.8, 4) is 0 Å². The van der Waals surface area contributed by atoms with E-state index >= 15 is 0 Å². The molecular formula is C13H18N4S2. The molecule has 2 aromatic heterocycles. The quantitative estimate of drug-likeness (QED) is 0.906. The molecule has 1 aliphatic rings. The van der Waals surface area contributed by atoms with E-state index in [-0.39, 0.29) is 0 Å². The summed E-state index contributed by atoms with van der Waals surface area (Å²) in [6, 6.07) is 2.10. The fourth-order valence-electron chi connectivity index (χ4n) is 2.29. The zero-order valence-corrected chi connectivity index (χ0v) is 12.6. The second-order valence-corrected chi connectivity index (χ2v) is 6.84. The first-order chi connectivity index (χ1) is 9.36. The number of fused-ring (bicyclic) bond motifs is 1. The Morgan fingerprint density at radius 2 is 2.16 bits per heavy atom. The first-order valence-corrected chi connectivity index (χ1v) is 8.65. The van der Waals surface area contributed by atoms with Gasteiger partial charge in [-0.05, 0) is 41.7 Å². The van der Waals surface area contributed by atoms with Gasteiger partial charge in [-0.1, -0.05) is 0 Å². The minimum Gasteiger partial charge on any atom is -0.369 e. The van der Waals surface area contributed by atoms with E-state index in [0.29, 0.717) is 5.95 Å². The van der Waals surface area contributed by atoms with Gasteiger partial charge in [0.2, 0.25) is 5.95 Å². The van der Waals surface area contributed by atoms with Gasteiger partial charge < -0.3 is 10.6 Å². The number of nitrogens with one attached hydrogen (secondary N) is 2. The van der Waals surface area contributed by atoms with Gasteiger partial charge >= 0.3 is 0 Å². The van der Waals surface area contributed by atoms with Gasteiger partial charge in [0.15, 0.2) is 0 Å². The van der Waals surface area contributed by atoms with Gasteiger partial charge in [-0.2, -0.15) is 16.7 Å². The molecule has 0 aliphatic carbocycles. The predicted molar refractivity (Wildman–Crippen MR) is 85.5 cm³/mol. The third-order valence-electron chi connectivity index (χ3n) is 3.45. The molecule has 0 bridgehead atoms. The molecule has 102 valence electrons. The molecule has 0 spiro atoms. The highest BCUT2D eigenvalue weighted by atomic mass is 32.2. The minimum absolute atomic E-state index is 0.691. The Balaban J connectivity index is 1.77. The van der Waals surface area contributed by atoms with Crippen molar-refractivity contribution in [1.82, 2.24) is 9.97 Å². The maximum Gasteiger partial charge on any atom is 0.225 e. The van der Waals surface area contributed by atoms with Crippen LogP contribution in [-0.4, -0.2) is 35.1 Å². The van der Waals surface area contributed by atoms with Crippen LogP contribution in [0, 0.1) is 5.92 Å². The Morgan fingerprint density at radius 1 is 1.32 bits per heavy atom. The lowest BCUT2D eigenvalue weighted by Crippen LogP contribution is -2.19. The molecule has 1 aliphatic heterocycles. The van der Waals surface area contributed by atoms with Crippen LogP contribution in [-0.2, 0) is 0 Å². The van der Waals surface area contributed by atoms with Crippen molar-refractivity contribution in [3.63, 3.8) is 0 Å². The number of hydrogen-bond acceptors (Lipinski definition) is 6. The summed E-state index contributed by atoms with van der Waals surface area (Å²) >= 11 is 3.73. The standard InChI is InChI=1S/C13H18N4S2/c1-14-13-16-11(10-4-7-19-12(10)17-13)15-8-9-2-5-18-6-3-9/h4,7,9H,2-3,5-6,8H2,1H3,(H2,14,15,16,17). The van der Waals surface area contributed by atoms with Gasteiger partial charge in [0.05, 0.1) is 5.39 Å². The fourth-order valence-corrected chi connectivity index (χ4v) is 4.26. The van der Waals surface area contributed by atoms with Crippen molar-refractivity contribution >= 4 is 45.1 Å². The molecule has 3 heterocycles. The van der Waals surface area contributed by atoms with Gasteiger partial charge in [-0.3, -0.25) is 0 Å². The van der Waals surface area contributed by atoms with Gasteiger partial charge in [0.1, 0.15) is 10.6 Å². The molecule has 4 nitrogen and oxygen atoms in total. The van der Waals surface area contributed by atoms with E-state index in [4.69, 9.17) is 0 Å². The van der Waals surface area contributed by atoms with Crippen molar-refractivity contribution in [1.29, 1.82) is 0 Å². The van der Waals surface area contributed by atoms with E-state index in [0.717, 1.165) is 28.5 Å². The molecule has 1 saturated heterocycles. The average molecular weight is 294 g/mol. The first kappa shape index (κ1) is 13.0. The molecule has 0 radical (unpaired) electrons. The Morgan fingerprint density at radius 3 is 2.95 bits per heavy atom. The molecule has 0 amide bonds. The van der Waals surface area contributed by atoms with E-state index < -0.39 is 0 Å². The SMILES string of the molecule is CNc1nc(NCC2CCSCC2)c2ccsc2n1. The molecule has 1 fully saturated rings. The number of hydrogen-bond donors (Lipinski definition) is 2. The monoisotopic (exact) mass is 294 g/mol. The molecule has 0 atom stereocenters. The first-order valence-electron chi connectivity index (χ1n) is 6.61. The van der Waals surface area contributed by atoms with Crippen molar-refractivity contribution in [2.24, 2.45) is 5.92 Å². The number of nitrogens with zero attached hydrogens (tertiary/aromatic N) is 2. The van der Waals surface area contributed by atoms with Crippen molar-refractivity contribution in [2.45, 2.75) is 12.8 Å². The Kier molecular flexibility index (Phi) is 4.08. The van der Waals surface area contributed by atoms with E-state index in [2.05, 4.69) is 43.8 Å². The molecule has 19 heavy (non-hydrogen) atoms. The number of thioether (sulfide) groups is 1. The van der Waals surface area contributed by atoms with E-state index in [1.54, 1.807) is 11.3 Å². The van der Waals surface area contributed by atoms with Gasteiger partial charge in [-0.25, -0.2) is 4.98 Å². The van der Waals surface area contributed by atoms with Crippen LogP contribution in [0.3, 0.4) is 0 Å². The lowest BCUT2D eigenvalue weighted by molar-refractivity contribution is 0.516. The largest absolute Gasteiger partial charge is 0.369 e. The fraction of sp³-hybridized carbons (Fsp3) is 0.538. The summed E-state index contributed by atoms with van der Waals surface area (Å²) in [5.74, 6) is 5.03. The van der Waals surface area contributed by atoms with Crippen LogP contribution in [0.1, 0.15) is 12.8 Å². The molecule has 0 saturated carbocycles. The summed E-state index contributed by atoms with van der Waals surface area (Å²) in [7, 11) is 1.86. The van der Waals surface area contributed by atoms with Gasteiger partial charge in [0, 0.05) is 13.6 Å². The Labute approximate surface area is 121 Å². The molecule has 2 aromatic rings. The third kappa shape index (κ3) is 2.95. The maximum absolute atomic E-state index is 4.54. The predicted octanol–water partition coefficient (Wildman–Crippen LogP) is 3.29. The van der Waals surface area contributed by atoms with Crippen LogP contribution in [0.2, 0.25) is 0 Å². The number of thiophene rings is 1. The molecule has 3 rings (SSSR count). The summed E-state index contributed by atoms with van der Waals surface area (Å²) in [6.45, 7) is 1.02. The molecule has 2 N–H and O–H groups in total. The number of rotatable bonds is 4. The third-order valence-corrected chi connectivity index (χ3v) is 5.30. The zero-order chi connectivity index (χ0) is 13.1. The second-order valence-electron chi connectivity index (χ2n) is 4.72. The van der Waals surface area contributed by atoms with Crippen molar-refractivity contribution < 1.29 is 0 Å². The summed E-state index contributed by atoms with van der Waals surface area (Å²) in [6.07, 6.45) is 2.63. The number of aromatic nitrogens is 2. The normalized spacial score (nSPS) is 16.7. The van der Waals surface area contributed by atoms with Crippen LogP contribution in [0.15, 0.2) is 11.4 Å². The average Bonchev–Trinajstić information content (AvgIpc) is 2.94. The van der Waals surface area contributed by atoms with Gasteiger partial charge in [0.25, 0.3) is 0 Å². The smallest absolute Gasteiger partial charge is 0.225 e. The molecular weight excluding hydrogens is 276 g/mol. The second kappa shape index (κ2) is 5.96. The number of anilines is 2. The lowest BCUT2D eigenvalue weighted by Gasteiger charge is -2.22. The Bertz CT molecular complexity index is 549. The maximum atomic E-state index is 4.54. The topological polar surface area (TPSA) is 49.8 Å².